The van der Waals surface area contributed by atoms with Crippen LogP contribution in [-0.4, -0.2) is 12.5 Å². The topological polar surface area (TPSA) is 29.1 Å². The van der Waals surface area contributed by atoms with Gasteiger partial charge in [0, 0.05) is 11.6 Å². The molecule has 0 saturated carbocycles. The molecule has 0 spiro atoms. The van der Waals surface area contributed by atoms with Crippen molar-refractivity contribution < 1.29 is 9.18 Å². The van der Waals surface area contributed by atoms with Gasteiger partial charge in [0.15, 0.2) is 0 Å². The minimum Gasteiger partial charge on any atom is -0.355 e. The molecule has 20 heavy (non-hydrogen) atoms. The fourth-order valence-electron chi connectivity index (χ4n) is 1.85. The summed E-state index contributed by atoms with van der Waals surface area (Å²) in [6, 6.07) is 13.5. The molecular weight excluding hydrogens is 277 g/mol. The minimum absolute atomic E-state index is 0.0329. The fraction of sp³-hybridized carbons (Fsp3) is 0.188. The summed E-state index contributed by atoms with van der Waals surface area (Å²) >= 11 is 5.78. The highest BCUT2D eigenvalue weighted by Crippen LogP contribution is 2.09. The molecule has 4 heteroatoms. The summed E-state index contributed by atoms with van der Waals surface area (Å²) in [4.78, 5) is 11.7. The van der Waals surface area contributed by atoms with Gasteiger partial charge in [-0.25, -0.2) is 4.39 Å². The zero-order chi connectivity index (χ0) is 14.4. The molecule has 0 aliphatic heterocycles. The van der Waals surface area contributed by atoms with Crippen LogP contribution < -0.4 is 5.32 Å². The van der Waals surface area contributed by atoms with Gasteiger partial charge < -0.3 is 5.32 Å². The Balaban J connectivity index is 1.75. The molecule has 0 aromatic heterocycles. The largest absolute Gasteiger partial charge is 0.355 e. The maximum absolute atomic E-state index is 12.7. The lowest BCUT2D eigenvalue weighted by Gasteiger charge is -2.06. The van der Waals surface area contributed by atoms with Gasteiger partial charge in [0.25, 0.3) is 0 Å². The number of carbonyl (C=O) groups is 1. The van der Waals surface area contributed by atoms with Gasteiger partial charge in [0.2, 0.25) is 5.91 Å². The van der Waals surface area contributed by atoms with Crippen LogP contribution in [0.15, 0.2) is 48.5 Å². The number of halogens is 2. The molecule has 0 atom stereocenters. The van der Waals surface area contributed by atoms with E-state index in [1.165, 1.54) is 12.1 Å². The van der Waals surface area contributed by atoms with Crippen LogP contribution in [0.2, 0.25) is 5.02 Å². The lowest BCUT2D eigenvalue weighted by Crippen LogP contribution is -2.27. The van der Waals surface area contributed by atoms with Crippen LogP contribution in [0.3, 0.4) is 0 Å². The van der Waals surface area contributed by atoms with Crippen LogP contribution in [0.5, 0.6) is 0 Å². The van der Waals surface area contributed by atoms with E-state index in [0.717, 1.165) is 11.1 Å². The van der Waals surface area contributed by atoms with E-state index in [1.54, 1.807) is 24.3 Å². The molecule has 1 N–H and O–H groups in total. The van der Waals surface area contributed by atoms with Crippen molar-refractivity contribution in [3.05, 3.63) is 70.5 Å². The fourth-order valence-corrected chi connectivity index (χ4v) is 1.97. The molecule has 0 bridgehead atoms. The molecule has 2 aromatic carbocycles. The first-order valence-corrected chi connectivity index (χ1v) is 6.77. The summed E-state index contributed by atoms with van der Waals surface area (Å²) in [6.07, 6.45) is 1.02. The van der Waals surface area contributed by atoms with Gasteiger partial charge in [-0.15, -0.1) is 0 Å². The first kappa shape index (κ1) is 14.5. The number of hydrogen-bond acceptors (Lipinski definition) is 1. The Kier molecular flexibility index (Phi) is 5.13. The number of carbonyl (C=O) groups excluding carboxylic acids is 1. The van der Waals surface area contributed by atoms with Gasteiger partial charge in [-0.1, -0.05) is 35.9 Å². The van der Waals surface area contributed by atoms with Crippen molar-refractivity contribution in [2.45, 2.75) is 12.8 Å². The van der Waals surface area contributed by atoms with E-state index in [4.69, 9.17) is 11.6 Å². The van der Waals surface area contributed by atoms with Crippen LogP contribution >= 0.6 is 11.6 Å². The maximum Gasteiger partial charge on any atom is 0.224 e. The van der Waals surface area contributed by atoms with Crippen molar-refractivity contribution in [3.8, 4) is 0 Å². The Hall–Kier alpha value is -1.87. The molecule has 0 aliphatic carbocycles. The number of amides is 1. The van der Waals surface area contributed by atoms with Crippen LogP contribution in [0.25, 0.3) is 0 Å². The van der Waals surface area contributed by atoms with Gasteiger partial charge in [0.05, 0.1) is 6.42 Å². The van der Waals surface area contributed by atoms with E-state index >= 15 is 0 Å². The second-order valence-corrected chi connectivity index (χ2v) is 4.97. The lowest BCUT2D eigenvalue weighted by atomic mass is 10.1. The summed E-state index contributed by atoms with van der Waals surface area (Å²) in [6.45, 7) is 0.540. The second kappa shape index (κ2) is 7.06. The zero-order valence-electron chi connectivity index (χ0n) is 10.9. The molecule has 1 amide bonds. The first-order chi connectivity index (χ1) is 9.63. The summed E-state index contributed by atoms with van der Waals surface area (Å²) in [5, 5.41) is 3.50. The third-order valence-electron chi connectivity index (χ3n) is 2.93. The van der Waals surface area contributed by atoms with Crippen LogP contribution in [-0.2, 0) is 17.6 Å². The molecular formula is C16H15ClFNO. The van der Waals surface area contributed by atoms with Gasteiger partial charge >= 0.3 is 0 Å². The molecule has 0 radical (unpaired) electrons. The van der Waals surface area contributed by atoms with E-state index in [1.807, 2.05) is 12.1 Å². The molecule has 104 valence electrons. The number of benzene rings is 2. The van der Waals surface area contributed by atoms with Gasteiger partial charge in [-0.05, 0) is 41.8 Å². The van der Waals surface area contributed by atoms with Crippen LogP contribution in [0, 0.1) is 5.82 Å². The summed E-state index contributed by atoms with van der Waals surface area (Å²) in [7, 11) is 0. The van der Waals surface area contributed by atoms with Gasteiger partial charge in [-0.2, -0.15) is 0 Å². The van der Waals surface area contributed by atoms with Gasteiger partial charge in [-0.3, -0.25) is 4.79 Å². The highest BCUT2D eigenvalue weighted by molar-refractivity contribution is 6.30. The van der Waals surface area contributed by atoms with E-state index in [-0.39, 0.29) is 11.7 Å². The Bertz CT molecular complexity index is 566. The number of rotatable bonds is 5. The third kappa shape index (κ3) is 4.67. The summed E-state index contributed by atoms with van der Waals surface area (Å²) in [5.41, 5.74) is 1.92. The van der Waals surface area contributed by atoms with E-state index in [9.17, 15) is 9.18 Å². The number of nitrogens with one attached hydrogen (secondary N) is 1. The molecule has 2 rings (SSSR count). The third-order valence-corrected chi connectivity index (χ3v) is 3.18. The van der Waals surface area contributed by atoms with Crippen LogP contribution in [0.4, 0.5) is 4.39 Å². The number of hydrogen-bond donors (Lipinski definition) is 1. The van der Waals surface area contributed by atoms with Gasteiger partial charge in [0.1, 0.15) is 5.82 Å². The molecule has 0 saturated heterocycles. The molecule has 2 nitrogen and oxygen atoms in total. The highest BCUT2D eigenvalue weighted by atomic mass is 35.5. The Morgan fingerprint density at radius 3 is 2.25 bits per heavy atom. The Labute approximate surface area is 122 Å². The van der Waals surface area contributed by atoms with Crippen LogP contribution in [0.1, 0.15) is 11.1 Å². The highest BCUT2D eigenvalue weighted by Gasteiger charge is 2.03. The van der Waals surface area contributed by atoms with E-state index in [0.29, 0.717) is 24.4 Å². The standard InChI is InChI=1S/C16H15ClFNO/c17-14-5-1-13(2-6-14)11-16(20)19-10-9-12-3-7-15(18)8-4-12/h1-8H,9-11H2,(H,19,20). The SMILES string of the molecule is O=C(Cc1ccc(Cl)cc1)NCCc1ccc(F)cc1. The Morgan fingerprint density at radius 1 is 1.00 bits per heavy atom. The minimum atomic E-state index is -0.250. The lowest BCUT2D eigenvalue weighted by molar-refractivity contribution is -0.120. The average molecular weight is 292 g/mol. The van der Waals surface area contributed by atoms with E-state index in [2.05, 4.69) is 5.32 Å². The summed E-state index contributed by atoms with van der Waals surface area (Å²) in [5.74, 6) is -0.282. The second-order valence-electron chi connectivity index (χ2n) is 4.53. The van der Waals surface area contributed by atoms with Crippen molar-refractivity contribution in [1.82, 2.24) is 5.32 Å². The van der Waals surface area contributed by atoms with Crippen molar-refractivity contribution in [2.24, 2.45) is 0 Å². The summed E-state index contributed by atoms with van der Waals surface area (Å²) < 4.78 is 12.7. The smallest absolute Gasteiger partial charge is 0.224 e. The van der Waals surface area contributed by atoms with Crippen molar-refractivity contribution in [3.63, 3.8) is 0 Å². The first-order valence-electron chi connectivity index (χ1n) is 6.39. The van der Waals surface area contributed by atoms with E-state index < -0.39 is 0 Å². The van der Waals surface area contributed by atoms with Crippen molar-refractivity contribution in [2.75, 3.05) is 6.54 Å². The normalized spacial score (nSPS) is 10.3. The zero-order valence-corrected chi connectivity index (χ0v) is 11.7. The average Bonchev–Trinajstić information content (AvgIpc) is 2.44. The Morgan fingerprint density at radius 2 is 1.60 bits per heavy atom. The van der Waals surface area contributed by atoms with Crippen molar-refractivity contribution >= 4 is 17.5 Å². The van der Waals surface area contributed by atoms with Crippen molar-refractivity contribution in [1.29, 1.82) is 0 Å². The molecule has 2 aromatic rings. The monoisotopic (exact) mass is 291 g/mol. The molecule has 0 fully saturated rings. The predicted octanol–water partition coefficient (Wildman–Crippen LogP) is 3.38. The molecule has 0 aliphatic rings. The predicted molar refractivity (Wildman–Crippen MR) is 78.3 cm³/mol. The molecule has 0 unspecified atom stereocenters. The maximum atomic E-state index is 12.7. The quantitative estimate of drug-likeness (QED) is 0.899. The molecule has 0 heterocycles.